The molecular weight excluding hydrogens is 336 g/mol. The summed E-state index contributed by atoms with van der Waals surface area (Å²) in [5.74, 6) is 0.103. The van der Waals surface area contributed by atoms with Crippen molar-refractivity contribution < 1.29 is 0 Å². The highest BCUT2D eigenvalue weighted by atomic mass is 35.5. The van der Waals surface area contributed by atoms with Crippen molar-refractivity contribution >= 4 is 28.8 Å². The average molecular weight is 349 g/mol. The van der Waals surface area contributed by atoms with Crippen LogP contribution in [0.25, 0.3) is 21.8 Å². The van der Waals surface area contributed by atoms with Gasteiger partial charge in [0.2, 0.25) is 0 Å². The Morgan fingerprint density at radius 1 is 1.13 bits per heavy atom. The summed E-state index contributed by atoms with van der Waals surface area (Å²) < 4.78 is 2.26. The number of anilines is 1. The first-order valence-electron chi connectivity index (χ1n) is 6.67. The van der Waals surface area contributed by atoms with Crippen molar-refractivity contribution in [3.05, 3.63) is 55.5 Å². The molecule has 3 aromatic rings. The SMILES string of the molecule is Cn1c(N)c(-c2csc(-c3ccc(Cl)cc3)n2)c(=O)n(C)c1=O. The zero-order valence-electron chi connectivity index (χ0n) is 12.4. The van der Waals surface area contributed by atoms with E-state index >= 15 is 0 Å². The summed E-state index contributed by atoms with van der Waals surface area (Å²) in [7, 11) is 2.94. The van der Waals surface area contributed by atoms with Crippen molar-refractivity contribution in [1.82, 2.24) is 14.1 Å². The Labute approximate surface area is 140 Å². The first-order chi connectivity index (χ1) is 10.9. The van der Waals surface area contributed by atoms with E-state index in [1.165, 1.54) is 30.0 Å². The van der Waals surface area contributed by atoms with Gasteiger partial charge in [0.25, 0.3) is 5.56 Å². The van der Waals surface area contributed by atoms with Gasteiger partial charge in [0.15, 0.2) is 0 Å². The van der Waals surface area contributed by atoms with Crippen molar-refractivity contribution in [3.8, 4) is 21.8 Å². The second-order valence-corrected chi connectivity index (χ2v) is 6.31. The second kappa shape index (κ2) is 5.68. The number of rotatable bonds is 2. The summed E-state index contributed by atoms with van der Waals surface area (Å²) in [5, 5.41) is 3.13. The molecule has 0 saturated carbocycles. The number of halogens is 1. The molecule has 0 radical (unpaired) electrons. The first kappa shape index (κ1) is 15.5. The van der Waals surface area contributed by atoms with Crippen molar-refractivity contribution in [3.63, 3.8) is 0 Å². The molecule has 0 atom stereocenters. The molecule has 3 rings (SSSR count). The van der Waals surface area contributed by atoms with E-state index in [1.807, 2.05) is 12.1 Å². The minimum Gasteiger partial charge on any atom is -0.384 e. The smallest absolute Gasteiger partial charge is 0.332 e. The molecule has 118 valence electrons. The van der Waals surface area contributed by atoms with Gasteiger partial charge in [0.05, 0.1) is 5.69 Å². The summed E-state index contributed by atoms with van der Waals surface area (Å²) in [6.07, 6.45) is 0. The minimum absolute atomic E-state index is 0.103. The summed E-state index contributed by atoms with van der Waals surface area (Å²) in [4.78, 5) is 28.7. The molecule has 8 heteroatoms. The quantitative estimate of drug-likeness (QED) is 0.768. The fourth-order valence-corrected chi connectivity index (χ4v) is 3.16. The van der Waals surface area contributed by atoms with Crippen LogP contribution in [-0.4, -0.2) is 14.1 Å². The Balaban J connectivity index is 2.17. The van der Waals surface area contributed by atoms with Crippen LogP contribution in [0.3, 0.4) is 0 Å². The molecule has 0 spiro atoms. The minimum atomic E-state index is -0.468. The van der Waals surface area contributed by atoms with Crippen molar-refractivity contribution in [2.75, 3.05) is 5.73 Å². The lowest BCUT2D eigenvalue weighted by Crippen LogP contribution is -2.39. The maximum Gasteiger partial charge on any atom is 0.332 e. The third-order valence-corrected chi connectivity index (χ3v) is 4.70. The standard InChI is InChI=1S/C15H13ClN4O2S/c1-19-12(17)11(14(21)20(2)15(19)22)10-7-23-13(18-10)8-3-5-9(16)6-4-8/h3-7H,17H2,1-2H3. The largest absolute Gasteiger partial charge is 0.384 e. The molecule has 0 aliphatic heterocycles. The summed E-state index contributed by atoms with van der Waals surface area (Å²) >= 11 is 7.27. The lowest BCUT2D eigenvalue weighted by Gasteiger charge is -2.09. The third-order valence-electron chi connectivity index (χ3n) is 3.56. The van der Waals surface area contributed by atoms with Gasteiger partial charge in [-0.2, -0.15) is 0 Å². The Hall–Kier alpha value is -2.38. The van der Waals surface area contributed by atoms with Gasteiger partial charge in [-0.25, -0.2) is 9.78 Å². The number of thiazole rings is 1. The second-order valence-electron chi connectivity index (χ2n) is 5.01. The normalized spacial score (nSPS) is 10.9. The van der Waals surface area contributed by atoms with Crippen LogP contribution in [0.4, 0.5) is 5.82 Å². The molecular formula is C15H13ClN4O2S. The Bertz CT molecular complexity index is 1000. The number of aromatic nitrogens is 3. The van der Waals surface area contributed by atoms with Crippen LogP contribution in [0.1, 0.15) is 0 Å². The Morgan fingerprint density at radius 3 is 2.43 bits per heavy atom. The fourth-order valence-electron chi connectivity index (χ4n) is 2.21. The van der Waals surface area contributed by atoms with Crippen molar-refractivity contribution in [2.45, 2.75) is 0 Å². The van der Waals surface area contributed by atoms with E-state index < -0.39 is 11.2 Å². The van der Waals surface area contributed by atoms with Gasteiger partial charge in [0, 0.05) is 30.1 Å². The highest BCUT2D eigenvalue weighted by molar-refractivity contribution is 7.13. The van der Waals surface area contributed by atoms with E-state index in [4.69, 9.17) is 17.3 Å². The van der Waals surface area contributed by atoms with Gasteiger partial charge in [-0.15, -0.1) is 11.3 Å². The fraction of sp³-hybridized carbons (Fsp3) is 0.133. The van der Waals surface area contributed by atoms with Crippen molar-refractivity contribution in [2.24, 2.45) is 14.1 Å². The summed E-state index contributed by atoms with van der Waals surface area (Å²) in [5.41, 5.74) is 6.60. The van der Waals surface area contributed by atoms with E-state index in [-0.39, 0.29) is 11.4 Å². The van der Waals surface area contributed by atoms with Crippen LogP contribution >= 0.6 is 22.9 Å². The molecule has 0 amide bonds. The number of nitrogens with two attached hydrogens (primary N) is 1. The number of nitrogens with zero attached hydrogens (tertiary/aromatic N) is 3. The van der Waals surface area contributed by atoms with Crippen LogP contribution in [0.2, 0.25) is 5.02 Å². The van der Waals surface area contributed by atoms with Crippen molar-refractivity contribution in [1.29, 1.82) is 0 Å². The zero-order chi connectivity index (χ0) is 16.7. The average Bonchev–Trinajstić information content (AvgIpc) is 3.01. The molecule has 2 N–H and O–H groups in total. The number of benzene rings is 1. The molecule has 0 aliphatic rings. The molecule has 0 unspecified atom stereocenters. The molecule has 6 nitrogen and oxygen atoms in total. The number of hydrogen-bond acceptors (Lipinski definition) is 5. The maximum absolute atomic E-state index is 12.4. The number of hydrogen-bond donors (Lipinski definition) is 1. The summed E-state index contributed by atoms with van der Waals surface area (Å²) in [6, 6.07) is 7.26. The van der Waals surface area contributed by atoms with Crippen LogP contribution in [0.5, 0.6) is 0 Å². The Kier molecular flexibility index (Phi) is 3.83. The van der Waals surface area contributed by atoms with E-state index in [1.54, 1.807) is 17.5 Å². The van der Waals surface area contributed by atoms with Gasteiger partial charge in [0.1, 0.15) is 16.4 Å². The molecule has 0 aliphatic carbocycles. The maximum atomic E-state index is 12.4. The topological polar surface area (TPSA) is 82.9 Å². The van der Waals surface area contributed by atoms with E-state index in [0.717, 1.165) is 15.1 Å². The molecule has 0 saturated heterocycles. The van der Waals surface area contributed by atoms with Crippen LogP contribution < -0.4 is 17.0 Å². The molecule has 2 heterocycles. The first-order valence-corrected chi connectivity index (χ1v) is 7.93. The molecule has 0 fully saturated rings. The predicted molar refractivity (Wildman–Crippen MR) is 92.9 cm³/mol. The van der Waals surface area contributed by atoms with Gasteiger partial charge < -0.3 is 5.73 Å². The lowest BCUT2D eigenvalue weighted by molar-refractivity contribution is 0.696. The molecule has 1 aromatic carbocycles. The molecule has 2 aromatic heterocycles. The zero-order valence-corrected chi connectivity index (χ0v) is 14.0. The molecule has 23 heavy (non-hydrogen) atoms. The van der Waals surface area contributed by atoms with Gasteiger partial charge >= 0.3 is 5.69 Å². The van der Waals surface area contributed by atoms with Crippen LogP contribution in [0, 0.1) is 0 Å². The predicted octanol–water partition coefficient (Wildman–Crippen LogP) is 2.11. The van der Waals surface area contributed by atoms with Gasteiger partial charge in [-0.05, 0) is 12.1 Å². The monoisotopic (exact) mass is 348 g/mol. The molecule has 0 bridgehead atoms. The van der Waals surface area contributed by atoms with E-state index in [2.05, 4.69) is 4.98 Å². The number of nitrogen functional groups attached to an aromatic ring is 1. The third kappa shape index (κ3) is 2.58. The highest BCUT2D eigenvalue weighted by Crippen LogP contribution is 2.29. The Morgan fingerprint density at radius 2 is 1.78 bits per heavy atom. The van der Waals surface area contributed by atoms with Gasteiger partial charge in [-0.3, -0.25) is 13.9 Å². The highest BCUT2D eigenvalue weighted by Gasteiger charge is 2.18. The lowest BCUT2D eigenvalue weighted by atomic mass is 10.2. The van der Waals surface area contributed by atoms with E-state index in [9.17, 15) is 9.59 Å². The van der Waals surface area contributed by atoms with Gasteiger partial charge in [-0.1, -0.05) is 23.7 Å². The summed E-state index contributed by atoms with van der Waals surface area (Å²) in [6.45, 7) is 0. The van der Waals surface area contributed by atoms with E-state index in [0.29, 0.717) is 10.7 Å². The van der Waals surface area contributed by atoms with Crippen LogP contribution in [-0.2, 0) is 14.1 Å². The van der Waals surface area contributed by atoms with Crippen LogP contribution in [0.15, 0.2) is 39.2 Å².